The van der Waals surface area contributed by atoms with Gasteiger partial charge in [0, 0.05) is 17.5 Å². The van der Waals surface area contributed by atoms with E-state index in [0.717, 1.165) is 11.3 Å². The third-order valence-electron chi connectivity index (χ3n) is 3.77. The Hall–Kier alpha value is -2.97. The Morgan fingerprint density at radius 1 is 1.03 bits per heavy atom. The van der Waals surface area contributed by atoms with Crippen molar-refractivity contribution >= 4 is 15.5 Å². The summed E-state index contributed by atoms with van der Waals surface area (Å²) >= 11 is 0. The predicted molar refractivity (Wildman–Crippen MR) is 170 cm³/mol. The van der Waals surface area contributed by atoms with Crippen molar-refractivity contribution in [3.05, 3.63) is 96.3 Å². The molecule has 0 atom stereocenters. The quantitative estimate of drug-likeness (QED) is 0.149. The minimum atomic E-state index is -3.17. The number of alkyl halides is 1. The maximum absolute atomic E-state index is 11.6. The fourth-order valence-electron chi connectivity index (χ4n) is 2.42. The summed E-state index contributed by atoms with van der Waals surface area (Å²) in [4.78, 5) is 4.69. The molecular weight excluding hydrogens is 501 g/mol. The van der Waals surface area contributed by atoms with Gasteiger partial charge in [0.1, 0.15) is 11.6 Å². The molecule has 6 nitrogen and oxygen atoms in total. The number of halogens is 1. The summed E-state index contributed by atoms with van der Waals surface area (Å²) in [7, 11) is 0.448. The van der Waals surface area contributed by atoms with E-state index < -0.39 is 9.84 Å². The fraction of sp³-hybridized carbons (Fsp3) is 0.433. The fourth-order valence-corrected chi connectivity index (χ4v) is 3.22. The first kappa shape index (κ1) is 45.0. The third kappa shape index (κ3) is 24.7. The smallest absolute Gasteiger partial charge is 0.151 e. The first-order valence-corrected chi connectivity index (χ1v) is 14.5. The first-order valence-electron chi connectivity index (χ1n) is 12.5. The van der Waals surface area contributed by atoms with Gasteiger partial charge in [-0.3, -0.25) is 4.39 Å². The lowest BCUT2D eigenvalue weighted by molar-refractivity contribution is 0.303. The zero-order chi connectivity index (χ0) is 31.2. The molecule has 0 aliphatic carbocycles. The van der Waals surface area contributed by atoms with E-state index >= 15 is 0 Å². The summed E-state index contributed by atoms with van der Waals surface area (Å²) < 4.78 is 38.2. The molecule has 8 heteroatoms. The lowest BCUT2D eigenvalue weighted by Gasteiger charge is -2.13. The summed E-state index contributed by atoms with van der Waals surface area (Å²) in [5.41, 5.74) is 7.36. The molecule has 38 heavy (non-hydrogen) atoms. The molecule has 0 saturated carbocycles. The van der Waals surface area contributed by atoms with Gasteiger partial charge in [0.2, 0.25) is 0 Å². The van der Waals surface area contributed by atoms with E-state index in [1.54, 1.807) is 25.3 Å². The normalized spacial score (nSPS) is 12.8. The lowest BCUT2D eigenvalue weighted by Crippen LogP contribution is -2.14. The standard InChI is InChI=1S/C24H34N2O3S.2C2H6.CH3F.CH5N/c1-9-14-16-22(23(13-5)29-7)19(6)25-24(15-10-2)26-21(12-4)17-20(11-3)18-30(8,27)28;4*1-2/h9-17,26H,2-3,18H2,1,4-8H3;2*1-2H3;1H3;2H2,1H3/b14-9+,20-17+,21-12+,22-16-,23-13+,24-15+,25-19+;;;;. The summed E-state index contributed by atoms with van der Waals surface area (Å²) in [6, 6.07) is 0. The van der Waals surface area contributed by atoms with Crippen LogP contribution in [0.3, 0.4) is 0 Å². The van der Waals surface area contributed by atoms with Crippen LogP contribution < -0.4 is 11.1 Å². The topological polar surface area (TPSA) is 93.8 Å². The molecule has 0 rings (SSSR count). The molecule has 0 aliphatic rings. The molecule has 0 radical (unpaired) electrons. The van der Waals surface area contributed by atoms with Crippen LogP contribution in [0, 0.1) is 0 Å². The van der Waals surface area contributed by atoms with Crippen molar-refractivity contribution in [2.24, 2.45) is 10.7 Å². The average Bonchev–Trinajstić information content (AvgIpc) is 2.93. The van der Waals surface area contributed by atoms with Gasteiger partial charge in [-0.05, 0) is 64.6 Å². The highest BCUT2D eigenvalue weighted by molar-refractivity contribution is 7.90. The predicted octanol–water partition coefficient (Wildman–Crippen LogP) is 7.39. The van der Waals surface area contributed by atoms with Gasteiger partial charge in [-0.1, -0.05) is 71.2 Å². The monoisotopic (exact) mass is 555 g/mol. The van der Waals surface area contributed by atoms with Crippen LogP contribution in [0.2, 0.25) is 0 Å². The number of aliphatic imine (C=N–C) groups is 1. The molecule has 0 amide bonds. The largest absolute Gasteiger partial charge is 0.496 e. The molecule has 220 valence electrons. The van der Waals surface area contributed by atoms with Crippen molar-refractivity contribution in [3.63, 3.8) is 0 Å². The highest BCUT2D eigenvalue weighted by Gasteiger charge is 2.10. The number of nitrogens with one attached hydrogen (secondary N) is 1. The Balaban J connectivity index is -0.000000411. The van der Waals surface area contributed by atoms with Gasteiger partial charge in [-0.2, -0.15) is 0 Å². The van der Waals surface area contributed by atoms with Gasteiger partial charge in [0.05, 0.1) is 25.8 Å². The Labute approximate surface area is 234 Å². The summed E-state index contributed by atoms with van der Waals surface area (Å²) in [5.74, 6) is 1.17. The SMILES string of the molecule is C=C\C=C(/N=C(C)/C(=C/C=C/C)C(=C\C)/OC)NC(/C=C(\C=C)CS(C)(=O)=O)=C/C.CC.CC.CF.CN. The van der Waals surface area contributed by atoms with Gasteiger partial charge in [-0.15, -0.1) is 0 Å². The van der Waals surface area contributed by atoms with Gasteiger partial charge in [0.15, 0.2) is 9.84 Å². The number of nitrogens with zero attached hydrogens (tertiary/aromatic N) is 1. The second-order valence-electron chi connectivity index (χ2n) is 6.31. The van der Waals surface area contributed by atoms with Gasteiger partial charge >= 0.3 is 0 Å². The zero-order valence-corrected chi connectivity index (χ0v) is 26.7. The number of ether oxygens (including phenoxy) is 1. The molecule has 0 saturated heterocycles. The maximum atomic E-state index is 11.6. The average molecular weight is 556 g/mol. The van der Waals surface area contributed by atoms with E-state index in [-0.39, 0.29) is 5.75 Å². The van der Waals surface area contributed by atoms with E-state index in [1.165, 1.54) is 19.4 Å². The van der Waals surface area contributed by atoms with Crippen LogP contribution in [-0.4, -0.2) is 47.5 Å². The molecule has 3 N–H and O–H groups in total. The van der Waals surface area contributed by atoms with Crippen LogP contribution in [0.1, 0.15) is 55.4 Å². The second-order valence-corrected chi connectivity index (χ2v) is 8.45. The number of nitrogens with two attached hydrogens (primary N) is 1. The van der Waals surface area contributed by atoms with Crippen molar-refractivity contribution in [2.45, 2.75) is 55.4 Å². The Morgan fingerprint density at radius 3 is 1.89 bits per heavy atom. The molecule has 0 aromatic carbocycles. The number of allylic oxidation sites excluding steroid dienone is 10. The van der Waals surface area contributed by atoms with E-state index in [2.05, 4.69) is 29.2 Å². The highest BCUT2D eigenvalue weighted by Crippen LogP contribution is 2.16. The van der Waals surface area contributed by atoms with Crippen LogP contribution in [0.4, 0.5) is 4.39 Å². The molecule has 0 bridgehead atoms. The van der Waals surface area contributed by atoms with Crippen LogP contribution >= 0.6 is 0 Å². The van der Waals surface area contributed by atoms with Crippen molar-refractivity contribution in [3.8, 4) is 0 Å². The Kier molecular flexibility index (Phi) is 38.0. The second kappa shape index (κ2) is 32.1. The molecule has 0 fully saturated rings. The number of rotatable bonds is 12. The summed E-state index contributed by atoms with van der Waals surface area (Å²) in [5, 5.41) is 3.21. The van der Waals surface area contributed by atoms with Crippen molar-refractivity contribution in [1.29, 1.82) is 0 Å². The molecule has 0 aliphatic heterocycles. The van der Waals surface area contributed by atoms with Crippen LogP contribution in [0.5, 0.6) is 0 Å². The van der Waals surface area contributed by atoms with Crippen molar-refractivity contribution in [1.82, 2.24) is 5.32 Å². The molecule has 0 aromatic rings. The molecule has 0 heterocycles. The van der Waals surface area contributed by atoms with Crippen LogP contribution in [0.25, 0.3) is 0 Å². The van der Waals surface area contributed by atoms with Crippen LogP contribution in [-0.2, 0) is 14.6 Å². The van der Waals surface area contributed by atoms with Gasteiger partial charge < -0.3 is 15.8 Å². The first-order chi connectivity index (χ1) is 18.1. The minimum absolute atomic E-state index is 0.0902. The Bertz CT molecular complexity index is 938. The van der Waals surface area contributed by atoms with Crippen LogP contribution in [0.15, 0.2) is 101 Å². The van der Waals surface area contributed by atoms with E-state index in [4.69, 9.17) is 4.74 Å². The van der Waals surface area contributed by atoms with Crippen molar-refractivity contribution < 1.29 is 17.5 Å². The Morgan fingerprint density at radius 2 is 1.55 bits per heavy atom. The number of sulfone groups is 1. The molecular formula is C30H54FN3O3S. The van der Waals surface area contributed by atoms with Gasteiger partial charge in [-0.25, -0.2) is 13.4 Å². The highest BCUT2D eigenvalue weighted by atomic mass is 32.2. The minimum Gasteiger partial charge on any atom is -0.496 e. The zero-order valence-electron chi connectivity index (χ0n) is 25.9. The molecule has 0 unspecified atom stereocenters. The number of hydrogen-bond donors (Lipinski definition) is 2. The molecule has 0 spiro atoms. The lowest BCUT2D eigenvalue weighted by atomic mass is 10.1. The van der Waals surface area contributed by atoms with Gasteiger partial charge in [0.25, 0.3) is 0 Å². The summed E-state index contributed by atoms with van der Waals surface area (Å²) in [6.07, 6.45) is 17.3. The van der Waals surface area contributed by atoms with Crippen molar-refractivity contribution in [2.75, 3.05) is 33.3 Å². The van der Waals surface area contributed by atoms with E-state index in [0.29, 0.717) is 30.0 Å². The summed E-state index contributed by atoms with van der Waals surface area (Å²) in [6.45, 7) is 23.0. The maximum Gasteiger partial charge on any atom is 0.151 e. The third-order valence-corrected chi connectivity index (χ3v) is 4.63. The number of methoxy groups -OCH3 is 1. The molecule has 0 aromatic heterocycles. The van der Waals surface area contributed by atoms with E-state index in [9.17, 15) is 12.8 Å². The number of hydrogen-bond acceptors (Lipinski definition) is 6. The van der Waals surface area contributed by atoms with E-state index in [1.807, 2.05) is 85.8 Å².